The molecule has 0 saturated carbocycles. The molecule has 0 aromatic carbocycles. The van der Waals surface area contributed by atoms with Gasteiger partial charge in [0.2, 0.25) is 11.0 Å². The summed E-state index contributed by atoms with van der Waals surface area (Å²) >= 11 is 3.81. The van der Waals surface area contributed by atoms with Crippen LogP contribution in [0.25, 0.3) is 0 Å². The van der Waals surface area contributed by atoms with Crippen LogP contribution < -0.4 is 5.32 Å². The number of carbonyl (C=O) groups is 2. The molecular formula is C13H23NO2S3. The van der Waals surface area contributed by atoms with Crippen molar-refractivity contribution in [2.75, 3.05) is 5.75 Å². The first-order valence-corrected chi connectivity index (χ1v) is 9.76. The number of thiol groups is 1. The smallest absolute Gasteiger partial charge is 0.220 e. The number of hydrogen-bond acceptors (Lipinski definition) is 4. The van der Waals surface area contributed by atoms with E-state index < -0.39 is 6.04 Å². The highest BCUT2D eigenvalue weighted by atomic mass is 33.1. The van der Waals surface area contributed by atoms with E-state index in [-0.39, 0.29) is 11.0 Å². The summed E-state index contributed by atoms with van der Waals surface area (Å²) in [6.45, 7) is 1.99. The molecule has 1 heterocycles. The summed E-state index contributed by atoms with van der Waals surface area (Å²) < 4.78 is 0. The van der Waals surface area contributed by atoms with E-state index in [9.17, 15) is 9.59 Å². The van der Waals surface area contributed by atoms with Crippen LogP contribution in [-0.2, 0) is 9.59 Å². The van der Waals surface area contributed by atoms with Gasteiger partial charge in [0.25, 0.3) is 0 Å². The molecule has 0 aliphatic carbocycles. The zero-order valence-corrected chi connectivity index (χ0v) is 13.9. The molecule has 0 spiro atoms. The van der Waals surface area contributed by atoms with Crippen LogP contribution in [0.3, 0.4) is 0 Å². The van der Waals surface area contributed by atoms with E-state index in [2.05, 4.69) is 17.9 Å². The fourth-order valence-electron chi connectivity index (χ4n) is 2.03. The third-order valence-corrected chi connectivity index (χ3v) is 6.44. The molecule has 2 atom stereocenters. The summed E-state index contributed by atoms with van der Waals surface area (Å²) in [7, 11) is 3.94. The normalized spacial score (nSPS) is 20.2. The standard InChI is InChI=1S/C13H23NO2S3/c1-2-5-11(13(16)17)14-12(15)7-4-3-6-10-8-9-18-19-10/h10-11H,2-9H2,1H3,(H,14,15)(H,16,17). The molecule has 0 aromatic heterocycles. The molecule has 1 N–H and O–H groups in total. The first-order chi connectivity index (χ1) is 9.13. The predicted molar refractivity (Wildman–Crippen MR) is 87.8 cm³/mol. The Hall–Kier alpha value is 0.190. The topological polar surface area (TPSA) is 46.2 Å². The Morgan fingerprint density at radius 2 is 2.21 bits per heavy atom. The van der Waals surface area contributed by atoms with Gasteiger partial charge >= 0.3 is 0 Å². The summed E-state index contributed by atoms with van der Waals surface area (Å²) in [4.78, 5) is 22.9. The lowest BCUT2D eigenvalue weighted by molar-refractivity contribution is -0.124. The summed E-state index contributed by atoms with van der Waals surface area (Å²) in [6, 6.07) is -0.414. The van der Waals surface area contributed by atoms with Gasteiger partial charge in [-0.25, -0.2) is 0 Å². The summed E-state index contributed by atoms with van der Waals surface area (Å²) in [5, 5.41) is 3.31. The third-order valence-electron chi connectivity index (χ3n) is 3.12. The van der Waals surface area contributed by atoms with Gasteiger partial charge in [-0.1, -0.05) is 41.4 Å². The van der Waals surface area contributed by atoms with Gasteiger partial charge in [-0.15, -0.1) is 12.6 Å². The van der Waals surface area contributed by atoms with E-state index in [1.807, 2.05) is 28.5 Å². The fourth-order valence-corrected chi connectivity index (χ4v) is 5.26. The molecule has 1 amide bonds. The van der Waals surface area contributed by atoms with Crippen molar-refractivity contribution in [3.63, 3.8) is 0 Å². The van der Waals surface area contributed by atoms with Crippen molar-refractivity contribution < 1.29 is 9.59 Å². The summed E-state index contributed by atoms with van der Waals surface area (Å²) in [5.41, 5.74) is 0. The molecule has 3 nitrogen and oxygen atoms in total. The minimum absolute atomic E-state index is 0.0192. The minimum atomic E-state index is -0.414. The Morgan fingerprint density at radius 1 is 1.42 bits per heavy atom. The molecule has 0 aromatic rings. The zero-order valence-electron chi connectivity index (χ0n) is 11.4. The average molecular weight is 322 g/mol. The number of nitrogens with one attached hydrogen (secondary N) is 1. The van der Waals surface area contributed by atoms with Crippen molar-refractivity contribution in [1.82, 2.24) is 5.32 Å². The first-order valence-electron chi connectivity index (χ1n) is 6.94. The number of unbranched alkanes of at least 4 members (excludes halogenated alkanes) is 1. The molecule has 1 fully saturated rings. The molecule has 19 heavy (non-hydrogen) atoms. The van der Waals surface area contributed by atoms with Crippen molar-refractivity contribution >= 4 is 45.2 Å². The predicted octanol–water partition coefficient (Wildman–Crippen LogP) is 3.44. The highest BCUT2D eigenvalue weighted by molar-refractivity contribution is 8.77. The first kappa shape index (κ1) is 17.2. The lowest BCUT2D eigenvalue weighted by Crippen LogP contribution is -2.38. The average Bonchev–Trinajstić information content (AvgIpc) is 2.87. The molecule has 0 radical (unpaired) electrons. The van der Waals surface area contributed by atoms with Crippen LogP contribution in [-0.4, -0.2) is 28.1 Å². The van der Waals surface area contributed by atoms with E-state index in [1.54, 1.807) is 0 Å². The maximum atomic E-state index is 11.7. The fraction of sp³-hybridized carbons (Fsp3) is 0.846. The van der Waals surface area contributed by atoms with Crippen LogP contribution in [0.5, 0.6) is 0 Å². The van der Waals surface area contributed by atoms with Gasteiger partial charge in [0.1, 0.15) is 0 Å². The molecule has 110 valence electrons. The van der Waals surface area contributed by atoms with Gasteiger partial charge in [-0.2, -0.15) is 0 Å². The SMILES string of the molecule is CCCC(NC(=O)CCCCC1CCSS1)C(=O)S. The van der Waals surface area contributed by atoms with Crippen LogP contribution in [0.4, 0.5) is 0 Å². The quantitative estimate of drug-likeness (QED) is 0.388. The van der Waals surface area contributed by atoms with Crippen LogP contribution in [0, 0.1) is 0 Å². The second-order valence-electron chi connectivity index (χ2n) is 4.82. The van der Waals surface area contributed by atoms with Crippen LogP contribution >= 0.6 is 34.2 Å². The Balaban J connectivity index is 2.10. The highest BCUT2D eigenvalue weighted by Gasteiger charge is 2.18. The molecule has 1 rings (SSSR count). The Bertz CT molecular complexity index is 294. The van der Waals surface area contributed by atoms with E-state index in [1.165, 1.54) is 18.6 Å². The summed E-state index contributed by atoms with van der Waals surface area (Å²) in [6.07, 6.45) is 6.57. The van der Waals surface area contributed by atoms with Crippen molar-refractivity contribution in [3.05, 3.63) is 0 Å². The van der Waals surface area contributed by atoms with E-state index in [0.717, 1.165) is 24.5 Å². The third kappa shape index (κ3) is 7.51. The maximum Gasteiger partial charge on any atom is 0.220 e. The Kier molecular flexibility index (Phi) is 9.07. The van der Waals surface area contributed by atoms with Gasteiger partial charge < -0.3 is 5.32 Å². The van der Waals surface area contributed by atoms with Gasteiger partial charge in [0, 0.05) is 17.4 Å². The molecule has 6 heteroatoms. The maximum absolute atomic E-state index is 11.7. The van der Waals surface area contributed by atoms with Crippen LogP contribution in [0.15, 0.2) is 0 Å². The van der Waals surface area contributed by atoms with Crippen molar-refractivity contribution in [2.24, 2.45) is 0 Å². The van der Waals surface area contributed by atoms with E-state index >= 15 is 0 Å². The molecule has 0 bridgehead atoms. The van der Waals surface area contributed by atoms with Gasteiger partial charge in [-0.05, 0) is 25.7 Å². The molecular weight excluding hydrogens is 298 g/mol. The van der Waals surface area contributed by atoms with Crippen molar-refractivity contribution in [3.8, 4) is 0 Å². The highest BCUT2D eigenvalue weighted by Crippen LogP contribution is 2.39. The number of carbonyl (C=O) groups excluding carboxylic acids is 2. The number of rotatable bonds is 9. The van der Waals surface area contributed by atoms with Crippen LogP contribution in [0.2, 0.25) is 0 Å². The molecule has 2 unspecified atom stereocenters. The minimum Gasteiger partial charge on any atom is -0.345 e. The second-order valence-corrected chi connectivity index (χ2v) is 8.05. The molecule has 1 aliphatic rings. The van der Waals surface area contributed by atoms with E-state index in [0.29, 0.717) is 12.8 Å². The van der Waals surface area contributed by atoms with Gasteiger partial charge in [0.05, 0.1) is 6.04 Å². The number of hydrogen-bond donors (Lipinski definition) is 2. The van der Waals surface area contributed by atoms with Crippen LogP contribution in [0.1, 0.15) is 51.9 Å². The Morgan fingerprint density at radius 3 is 2.79 bits per heavy atom. The second kappa shape index (κ2) is 10.00. The van der Waals surface area contributed by atoms with Gasteiger partial charge in [-0.3, -0.25) is 9.59 Å². The summed E-state index contributed by atoms with van der Waals surface area (Å²) in [5.74, 6) is 1.24. The van der Waals surface area contributed by atoms with E-state index in [4.69, 9.17) is 0 Å². The lowest BCUT2D eigenvalue weighted by atomic mass is 10.1. The Labute approximate surface area is 129 Å². The molecule has 1 saturated heterocycles. The largest absolute Gasteiger partial charge is 0.345 e. The number of amides is 1. The van der Waals surface area contributed by atoms with Crippen molar-refractivity contribution in [1.29, 1.82) is 0 Å². The lowest BCUT2D eigenvalue weighted by Gasteiger charge is -2.14. The monoisotopic (exact) mass is 321 g/mol. The zero-order chi connectivity index (χ0) is 14.1. The molecule has 1 aliphatic heterocycles. The van der Waals surface area contributed by atoms with Crippen molar-refractivity contribution in [2.45, 2.75) is 63.2 Å². The van der Waals surface area contributed by atoms with Gasteiger partial charge in [0.15, 0.2) is 0 Å².